The van der Waals surface area contributed by atoms with Crippen molar-refractivity contribution < 1.29 is 9.53 Å². The predicted molar refractivity (Wildman–Crippen MR) is 78.9 cm³/mol. The Morgan fingerprint density at radius 1 is 1.47 bits per heavy atom. The Hall–Kier alpha value is -1.33. The molecule has 1 N–H and O–H groups in total. The second-order valence-electron chi connectivity index (χ2n) is 4.44. The van der Waals surface area contributed by atoms with E-state index < -0.39 is 0 Å². The highest BCUT2D eigenvalue weighted by molar-refractivity contribution is 9.11. The van der Waals surface area contributed by atoms with Gasteiger partial charge in [0.05, 0.1) is 14.7 Å². The van der Waals surface area contributed by atoms with Gasteiger partial charge >= 0.3 is 0 Å². The molecule has 0 radical (unpaired) electrons. The third kappa shape index (κ3) is 2.40. The molecule has 1 aromatic heterocycles. The molecule has 2 aromatic rings. The van der Waals surface area contributed by atoms with Crippen LogP contribution >= 0.6 is 27.3 Å². The van der Waals surface area contributed by atoms with Crippen molar-refractivity contribution >= 4 is 33.2 Å². The van der Waals surface area contributed by atoms with Crippen molar-refractivity contribution in [3.8, 4) is 5.75 Å². The zero-order valence-electron chi connectivity index (χ0n) is 10.3. The van der Waals surface area contributed by atoms with Gasteiger partial charge in [0.15, 0.2) is 0 Å². The topological polar surface area (TPSA) is 38.3 Å². The largest absolute Gasteiger partial charge is 0.491 e. The molecule has 1 aliphatic heterocycles. The number of thiophene rings is 1. The van der Waals surface area contributed by atoms with Gasteiger partial charge in [0, 0.05) is 5.56 Å². The molecule has 0 fully saturated rings. The zero-order valence-corrected chi connectivity index (χ0v) is 12.7. The van der Waals surface area contributed by atoms with Gasteiger partial charge in [-0.2, -0.15) is 0 Å². The quantitative estimate of drug-likeness (QED) is 0.907. The van der Waals surface area contributed by atoms with Crippen molar-refractivity contribution in [3.63, 3.8) is 0 Å². The van der Waals surface area contributed by atoms with Crippen LogP contribution in [0.2, 0.25) is 0 Å². The summed E-state index contributed by atoms with van der Waals surface area (Å²) in [5.74, 6) is 0.806. The molecule has 2 heterocycles. The Morgan fingerprint density at radius 3 is 3.00 bits per heavy atom. The fourth-order valence-corrected chi connectivity index (χ4v) is 3.52. The summed E-state index contributed by atoms with van der Waals surface area (Å²) >= 11 is 4.89. The maximum Gasteiger partial charge on any atom is 0.262 e. The number of ether oxygens (including phenoxy) is 1. The molecule has 98 valence electrons. The van der Waals surface area contributed by atoms with E-state index in [1.54, 1.807) is 0 Å². The molecule has 0 bridgehead atoms. The summed E-state index contributed by atoms with van der Waals surface area (Å²) in [6.45, 7) is 2.47. The lowest BCUT2D eigenvalue weighted by atomic mass is 10.1. The lowest BCUT2D eigenvalue weighted by molar-refractivity contribution is 0.0934. The number of benzene rings is 1. The number of nitrogens with one attached hydrogen (secondary N) is 1. The van der Waals surface area contributed by atoms with E-state index in [1.165, 1.54) is 11.3 Å². The molecule has 1 unspecified atom stereocenters. The van der Waals surface area contributed by atoms with Crippen LogP contribution in [0.15, 0.2) is 34.1 Å². The van der Waals surface area contributed by atoms with Gasteiger partial charge < -0.3 is 10.1 Å². The number of rotatable bonds is 2. The van der Waals surface area contributed by atoms with Crippen molar-refractivity contribution in [3.05, 3.63) is 50.1 Å². The summed E-state index contributed by atoms with van der Waals surface area (Å²) in [4.78, 5) is 12.9. The summed E-state index contributed by atoms with van der Waals surface area (Å²) in [6, 6.07) is 9.63. The van der Waals surface area contributed by atoms with E-state index in [-0.39, 0.29) is 11.9 Å². The normalized spacial score (nSPS) is 16.8. The zero-order chi connectivity index (χ0) is 13.4. The molecule has 1 amide bonds. The second-order valence-corrected chi connectivity index (χ2v) is 6.81. The molecule has 19 heavy (non-hydrogen) atoms. The van der Waals surface area contributed by atoms with Crippen LogP contribution in [-0.4, -0.2) is 12.5 Å². The number of carbonyl (C=O) groups excluding carboxylic acids is 1. The van der Waals surface area contributed by atoms with E-state index in [1.807, 2.05) is 37.3 Å². The summed E-state index contributed by atoms with van der Waals surface area (Å²) in [6.07, 6.45) is 0. The van der Waals surface area contributed by atoms with Gasteiger partial charge in [-0.15, -0.1) is 11.3 Å². The van der Waals surface area contributed by atoms with Crippen LogP contribution in [0.5, 0.6) is 5.75 Å². The molecular formula is C14H12BrNO2S. The van der Waals surface area contributed by atoms with Crippen LogP contribution in [0.3, 0.4) is 0 Å². The first-order chi connectivity index (χ1) is 9.15. The Kier molecular flexibility index (Phi) is 3.33. The summed E-state index contributed by atoms with van der Waals surface area (Å²) < 4.78 is 6.56. The van der Waals surface area contributed by atoms with E-state index >= 15 is 0 Å². The lowest BCUT2D eigenvalue weighted by Gasteiger charge is -2.10. The van der Waals surface area contributed by atoms with Crippen molar-refractivity contribution in [1.29, 1.82) is 0 Å². The van der Waals surface area contributed by atoms with Crippen LogP contribution in [0.1, 0.15) is 26.8 Å². The lowest BCUT2D eigenvalue weighted by Crippen LogP contribution is -2.28. The molecule has 1 aliphatic rings. The highest BCUT2D eigenvalue weighted by Gasteiger charge is 2.26. The van der Waals surface area contributed by atoms with Crippen molar-refractivity contribution in [2.75, 3.05) is 6.61 Å². The first-order valence-electron chi connectivity index (χ1n) is 5.93. The number of halogens is 1. The van der Waals surface area contributed by atoms with Gasteiger partial charge in [-0.25, -0.2) is 0 Å². The minimum atomic E-state index is -0.0649. The molecule has 1 aromatic carbocycles. The van der Waals surface area contributed by atoms with Crippen LogP contribution in [0.25, 0.3) is 0 Å². The Bertz CT molecular complexity index is 619. The maximum absolute atomic E-state index is 12.2. The van der Waals surface area contributed by atoms with E-state index in [9.17, 15) is 4.79 Å². The first kappa shape index (κ1) is 12.7. The van der Waals surface area contributed by atoms with Gasteiger partial charge in [0.25, 0.3) is 5.91 Å². The SMILES string of the molecule is Cc1cc(C(=O)NC2COc3ccccc32)sc1Br. The Morgan fingerprint density at radius 2 is 2.26 bits per heavy atom. The van der Waals surface area contributed by atoms with Gasteiger partial charge in [0.2, 0.25) is 0 Å². The van der Waals surface area contributed by atoms with Gasteiger partial charge in [-0.1, -0.05) is 18.2 Å². The average molecular weight is 338 g/mol. The number of aryl methyl sites for hydroxylation is 1. The van der Waals surface area contributed by atoms with Crippen molar-refractivity contribution in [2.45, 2.75) is 13.0 Å². The van der Waals surface area contributed by atoms with Crippen LogP contribution < -0.4 is 10.1 Å². The van der Waals surface area contributed by atoms with Crippen LogP contribution in [0, 0.1) is 6.92 Å². The van der Waals surface area contributed by atoms with Gasteiger partial charge in [-0.05, 0) is 40.5 Å². The Balaban J connectivity index is 1.78. The van der Waals surface area contributed by atoms with Crippen LogP contribution in [-0.2, 0) is 0 Å². The molecule has 3 nitrogen and oxygen atoms in total. The molecule has 0 spiro atoms. The monoisotopic (exact) mass is 337 g/mol. The third-order valence-corrected chi connectivity index (χ3v) is 5.22. The second kappa shape index (κ2) is 4.98. The summed E-state index contributed by atoms with van der Waals surface area (Å²) in [5.41, 5.74) is 2.13. The molecule has 0 saturated heterocycles. The van der Waals surface area contributed by atoms with Crippen molar-refractivity contribution in [2.24, 2.45) is 0 Å². The molecule has 1 atom stereocenters. The summed E-state index contributed by atoms with van der Waals surface area (Å²) in [5, 5.41) is 3.02. The van der Waals surface area contributed by atoms with Gasteiger partial charge in [0.1, 0.15) is 12.4 Å². The smallest absolute Gasteiger partial charge is 0.262 e. The van der Waals surface area contributed by atoms with Crippen molar-refractivity contribution in [1.82, 2.24) is 5.32 Å². The number of carbonyl (C=O) groups is 1. The number of hydrogen-bond acceptors (Lipinski definition) is 3. The molecule has 0 aliphatic carbocycles. The minimum absolute atomic E-state index is 0.0518. The molecule has 3 rings (SSSR count). The van der Waals surface area contributed by atoms with E-state index in [4.69, 9.17) is 4.74 Å². The highest BCUT2D eigenvalue weighted by Crippen LogP contribution is 2.33. The standard InChI is InChI=1S/C14H12BrNO2S/c1-8-6-12(19-13(8)15)14(17)16-10-7-18-11-5-3-2-4-9(10)11/h2-6,10H,7H2,1H3,(H,16,17). The number of hydrogen-bond donors (Lipinski definition) is 1. The van der Waals surface area contributed by atoms with E-state index in [2.05, 4.69) is 21.2 Å². The number of para-hydroxylation sites is 1. The molecule has 5 heteroatoms. The molecular weight excluding hydrogens is 326 g/mol. The predicted octanol–water partition coefficient (Wildman–Crippen LogP) is 3.68. The highest BCUT2D eigenvalue weighted by atomic mass is 79.9. The molecule has 0 saturated carbocycles. The minimum Gasteiger partial charge on any atom is -0.491 e. The Labute approximate surface area is 123 Å². The fraction of sp³-hybridized carbons (Fsp3) is 0.214. The fourth-order valence-electron chi connectivity index (χ4n) is 2.08. The van der Waals surface area contributed by atoms with Crippen LogP contribution in [0.4, 0.5) is 0 Å². The summed E-state index contributed by atoms with van der Waals surface area (Å²) in [7, 11) is 0. The number of amides is 1. The first-order valence-corrected chi connectivity index (χ1v) is 7.54. The average Bonchev–Trinajstić information content (AvgIpc) is 2.95. The van der Waals surface area contributed by atoms with E-state index in [0.717, 1.165) is 20.7 Å². The van der Waals surface area contributed by atoms with Gasteiger partial charge in [-0.3, -0.25) is 4.79 Å². The van der Waals surface area contributed by atoms with E-state index in [0.29, 0.717) is 11.5 Å². The number of fused-ring (bicyclic) bond motifs is 1. The maximum atomic E-state index is 12.2. The third-order valence-electron chi connectivity index (χ3n) is 3.09.